The van der Waals surface area contributed by atoms with E-state index in [0.717, 1.165) is 51.2 Å². The lowest BCUT2D eigenvalue weighted by molar-refractivity contribution is 0.0386. The van der Waals surface area contributed by atoms with Gasteiger partial charge >= 0.3 is 0 Å². The summed E-state index contributed by atoms with van der Waals surface area (Å²) < 4.78 is 18.8. The monoisotopic (exact) mass is 518 g/mol. The Morgan fingerprint density at radius 3 is 2.68 bits per heavy atom. The Kier molecular flexibility index (Phi) is 11.7. The average Bonchev–Trinajstić information content (AvgIpc) is 2.97. The number of aliphatic imine (C=N–C) groups is 2. The van der Waals surface area contributed by atoms with Crippen LogP contribution in [0.2, 0.25) is 0 Å². The van der Waals surface area contributed by atoms with Gasteiger partial charge in [-0.2, -0.15) is 0 Å². The van der Waals surface area contributed by atoms with Gasteiger partial charge in [-0.1, -0.05) is 12.1 Å². The number of likely N-dealkylation sites (N-methyl/N-ethyl adjacent to an activating group) is 1. The molecule has 0 aliphatic carbocycles. The molecule has 4 rings (SSSR count). The minimum atomic E-state index is -0.275. The molecule has 0 bridgehead atoms. The fourth-order valence-electron chi connectivity index (χ4n) is 3.76. The maximum absolute atomic E-state index is 13.6. The summed E-state index contributed by atoms with van der Waals surface area (Å²) >= 11 is 0. The summed E-state index contributed by atoms with van der Waals surface area (Å²) in [6.07, 6.45) is 4.19. The third-order valence-corrected chi connectivity index (χ3v) is 5.93. The molecule has 8 nitrogen and oxygen atoms in total. The van der Waals surface area contributed by atoms with E-state index < -0.39 is 0 Å². The van der Waals surface area contributed by atoms with Crippen LogP contribution in [0.1, 0.15) is 27.0 Å². The number of amidine groups is 1. The van der Waals surface area contributed by atoms with Crippen molar-refractivity contribution in [1.29, 1.82) is 0 Å². The second-order valence-corrected chi connectivity index (χ2v) is 8.73. The van der Waals surface area contributed by atoms with Crippen LogP contribution in [0.3, 0.4) is 0 Å². The SMILES string of the molecule is C=Nc1cc(C=O)ccc1C(=NCc1cccnc1)Nc1ccc(F)c(C)c1.CNCCN1CCOCC1. The van der Waals surface area contributed by atoms with Gasteiger partial charge in [0, 0.05) is 55.4 Å². The zero-order valence-corrected chi connectivity index (χ0v) is 22.0. The molecule has 38 heavy (non-hydrogen) atoms. The summed E-state index contributed by atoms with van der Waals surface area (Å²) in [5.41, 5.74) is 3.87. The third-order valence-electron chi connectivity index (χ3n) is 5.93. The normalized spacial score (nSPS) is 13.8. The zero-order chi connectivity index (χ0) is 27.2. The molecule has 1 aliphatic heterocycles. The van der Waals surface area contributed by atoms with Crippen LogP contribution in [-0.2, 0) is 11.3 Å². The van der Waals surface area contributed by atoms with Crippen LogP contribution >= 0.6 is 0 Å². The minimum Gasteiger partial charge on any atom is -0.379 e. The van der Waals surface area contributed by atoms with Gasteiger partial charge in [-0.15, -0.1) is 0 Å². The number of nitrogens with zero attached hydrogens (tertiary/aromatic N) is 4. The van der Waals surface area contributed by atoms with Crippen LogP contribution in [0.5, 0.6) is 0 Å². The van der Waals surface area contributed by atoms with E-state index in [9.17, 15) is 9.18 Å². The van der Waals surface area contributed by atoms with Gasteiger partial charge < -0.3 is 15.4 Å². The van der Waals surface area contributed by atoms with Gasteiger partial charge in [-0.3, -0.25) is 24.7 Å². The van der Waals surface area contributed by atoms with Gasteiger partial charge in [-0.25, -0.2) is 4.39 Å². The van der Waals surface area contributed by atoms with Crippen LogP contribution in [-0.4, -0.2) is 75.2 Å². The van der Waals surface area contributed by atoms with Crippen LogP contribution in [0.25, 0.3) is 0 Å². The fraction of sp³-hybridized carbons (Fsp3) is 0.310. The molecule has 200 valence electrons. The Bertz CT molecular complexity index is 1210. The van der Waals surface area contributed by atoms with E-state index in [2.05, 4.69) is 37.2 Å². The van der Waals surface area contributed by atoms with Crippen molar-refractivity contribution in [2.45, 2.75) is 13.5 Å². The van der Waals surface area contributed by atoms with Crippen molar-refractivity contribution in [3.8, 4) is 0 Å². The zero-order valence-electron chi connectivity index (χ0n) is 22.0. The van der Waals surface area contributed by atoms with Gasteiger partial charge in [0.05, 0.1) is 25.4 Å². The van der Waals surface area contributed by atoms with Gasteiger partial charge in [-0.05, 0) is 68.2 Å². The molecule has 0 spiro atoms. The predicted molar refractivity (Wildman–Crippen MR) is 151 cm³/mol. The number of hydrogen-bond donors (Lipinski definition) is 2. The lowest BCUT2D eigenvalue weighted by Gasteiger charge is -2.26. The number of morpholine rings is 1. The van der Waals surface area contributed by atoms with Crippen molar-refractivity contribution in [1.82, 2.24) is 15.2 Å². The number of carbonyl (C=O) groups is 1. The van der Waals surface area contributed by atoms with E-state index in [-0.39, 0.29) is 5.82 Å². The highest BCUT2D eigenvalue weighted by Gasteiger charge is 2.12. The maximum atomic E-state index is 13.6. The summed E-state index contributed by atoms with van der Waals surface area (Å²) in [6.45, 7) is 11.9. The molecule has 0 saturated carbocycles. The van der Waals surface area contributed by atoms with Crippen molar-refractivity contribution in [3.63, 3.8) is 0 Å². The van der Waals surface area contributed by atoms with Crippen molar-refractivity contribution in [3.05, 3.63) is 89.0 Å². The number of anilines is 1. The predicted octanol–water partition coefficient (Wildman–Crippen LogP) is 4.27. The molecule has 0 amide bonds. The van der Waals surface area contributed by atoms with Gasteiger partial charge in [0.15, 0.2) is 0 Å². The number of ether oxygens (including phenoxy) is 1. The van der Waals surface area contributed by atoms with Crippen LogP contribution in [0.15, 0.2) is 70.9 Å². The molecule has 9 heteroatoms. The van der Waals surface area contributed by atoms with Crippen LogP contribution in [0, 0.1) is 12.7 Å². The lowest BCUT2D eigenvalue weighted by atomic mass is 10.1. The molecule has 3 aromatic rings. The molecular weight excluding hydrogens is 483 g/mol. The molecule has 1 saturated heterocycles. The first-order valence-electron chi connectivity index (χ1n) is 12.5. The summed E-state index contributed by atoms with van der Waals surface area (Å²) in [5, 5.41) is 6.37. The van der Waals surface area contributed by atoms with Crippen molar-refractivity contribution in [2.75, 3.05) is 51.8 Å². The Hall–Kier alpha value is -3.79. The summed E-state index contributed by atoms with van der Waals surface area (Å²) in [7, 11) is 1.99. The van der Waals surface area contributed by atoms with Gasteiger partial charge in [0.2, 0.25) is 0 Å². The smallest absolute Gasteiger partial charge is 0.150 e. The second kappa shape index (κ2) is 15.5. The average molecular weight is 519 g/mol. The van der Waals surface area contributed by atoms with Gasteiger partial charge in [0.1, 0.15) is 17.9 Å². The van der Waals surface area contributed by atoms with Gasteiger partial charge in [0.25, 0.3) is 0 Å². The van der Waals surface area contributed by atoms with Crippen LogP contribution in [0.4, 0.5) is 15.8 Å². The number of hydrogen-bond acceptors (Lipinski definition) is 7. The number of aromatic nitrogens is 1. The first-order chi connectivity index (χ1) is 18.5. The highest BCUT2D eigenvalue weighted by atomic mass is 19.1. The number of aryl methyl sites for hydroxylation is 1. The molecule has 1 aromatic heterocycles. The highest BCUT2D eigenvalue weighted by Crippen LogP contribution is 2.23. The Morgan fingerprint density at radius 1 is 1.21 bits per heavy atom. The summed E-state index contributed by atoms with van der Waals surface area (Å²) in [4.78, 5) is 26.3. The maximum Gasteiger partial charge on any atom is 0.150 e. The van der Waals surface area contributed by atoms with E-state index in [1.54, 1.807) is 49.6 Å². The molecule has 2 N–H and O–H groups in total. The highest BCUT2D eigenvalue weighted by molar-refractivity contribution is 6.11. The first-order valence-corrected chi connectivity index (χ1v) is 12.5. The number of nitrogens with one attached hydrogen (secondary N) is 2. The molecule has 1 fully saturated rings. The van der Waals surface area contributed by atoms with E-state index in [4.69, 9.17) is 4.74 Å². The number of benzene rings is 2. The number of carbonyl (C=O) groups excluding carboxylic acids is 1. The second-order valence-electron chi connectivity index (χ2n) is 8.73. The molecule has 2 aromatic carbocycles. The standard InChI is InChI=1S/C22H19FN4O.C7H16N2O/c1-15-10-18(6-8-20(15)23)27-22(26-13-17-4-3-9-25-12-17)19-7-5-16(14-28)11-21(19)24-2;1-8-2-3-9-4-6-10-7-5-9/h3-12,14H,2,13H2,1H3,(H,26,27);8H,2-7H2,1H3. The molecule has 0 atom stereocenters. The molecule has 1 aliphatic rings. The molecule has 0 unspecified atom stereocenters. The summed E-state index contributed by atoms with van der Waals surface area (Å²) in [5.74, 6) is 0.262. The van der Waals surface area contributed by atoms with Crippen LogP contribution < -0.4 is 10.6 Å². The van der Waals surface area contributed by atoms with Crippen molar-refractivity contribution >= 4 is 30.2 Å². The number of halogens is 1. The Balaban J connectivity index is 0.000000336. The fourth-order valence-corrected chi connectivity index (χ4v) is 3.76. The third kappa shape index (κ3) is 8.95. The first kappa shape index (κ1) is 28.8. The number of rotatable bonds is 9. The number of pyridine rings is 1. The van der Waals surface area contributed by atoms with E-state index in [1.807, 2.05) is 19.2 Å². The van der Waals surface area contributed by atoms with Crippen molar-refractivity contribution < 1.29 is 13.9 Å². The quantitative estimate of drug-likeness (QED) is 0.250. The number of aldehydes is 1. The molecule has 2 heterocycles. The molecule has 0 radical (unpaired) electrons. The van der Waals surface area contributed by atoms with E-state index in [0.29, 0.717) is 40.4 Å². The molecular formula is C29H35FN6O2. The van der Waals surface area contributed by atoms with E-state index in [1.165, 1.54) is 6.07 Å². The largest absolute Gasteiger partial charge is 0.379 e. The van der Waals surface area contributed by atoms with Crippen molar-refractivity contribution in [2.24, 2.45) is 9.98 Å². The van der Waals surface area contributed by atoms with E-state index >= 15 is 0 Å². The minimum absolute atomic E-state index is 0.275. The summed E-state index contributed by atoms with van der Waals surface area (Å²) in [6, 6.07) is 13.6. The Morgan fingerprint density at radius 2 is 2.03 bits per heavy atom. The topological polar surface area (TPSA) is 91.2 Å². The Labute approximate surface area is 223 Å². The lowest BCUT2D eigenvalue weighted by Crippen LogP contribution is -2.39.